The summed E-state index contributed by atoms with van der Waals surface area (Å²) in [5.41, 5.74) is 11.2. The molecule has 0 N–H and O–H groups in total. The number of nitrogens with zero attached hydrogens (tertiary/aromatic N) is 5. The van der Waals surface area contributed by atoms with Crippen LogP contribution in [0.3, 0.4) is 0 Å². The number of aromatic nitrogens is 5. The van der Waals surface area contributed by atoms with E-state index in [1.165, 1.54) is 59.8 Å². The van der Waals surface area contributed by atoms with Gasteiger partial charge in [-0.2, -0.15) is 0 Å². The Kier molecular flexibility index (Phi) is 6.27. The maximum Gasteiger partial charge on any atom is 0.145 e. The van der Waals surface area contributed by atoms with E-state index in [0.29, 0.717) is 0 Å². The fourth-order valence-corrected chi connectivity index (χ4v) is 8.97. The zero-order valence-electron chi connectivity index (χ0n) is 29.6. The molecular formula is C50H31N5. The van der Waals surface area contributed by atoms with Crippen molar-refractivity contribution in [3.8, 4) is 28.5 Å². The molecule has 12 aromatic rings. The van der Waals surface area contributed by atoms with Crippen molar-refractivity contribution in [2.24, 2.45) is 0 Å². The summed E-state index contributed by atoms with van der Waals surface area (Å²) in [6.45, 7) is 0. The maximum absolute atomic E-state index is 5.40. The van der Waals surface area contributed by atoms with Crippen molar-refractivity contribution < 1.29 is 0 Å². The number of hydrogen-bond donors (Lipinski definition) is 0. The normalized spacial score (nSPS) is 12.0. The van der Waals surface area contributed by atoms with Crippen molar-refractivity contribution in [3.05, 3.63) is 188 Å². The Morgan fingerprint density at radius 1 is 0.327 bits per heavy atom. The van der Waals surface area contributed by atoms with Crippen LogP contribution in [0.5, 0.6) is 0 Å². The molecule has 55 heavy (non-hydrogen) atoms. The van der Waals surface area contributed by atoms with E-state index in [4.69, 9.17) is 4.98 Å². The summed E-state index contributed by atoms with van der Waals surface area (Å²) in [5.74, 6) is 0.890. The first kappa shape index (κ1) is 30.0. The topological polar surface area (TPSA) is 40.6 Å². The Bertz CT molecular complexity index is 3460. The number of rotatable bonds is 4. The molecule has 5 heteroatoms. The number of hydrogen-bond acceptors (Lipinski definition) is 2. The summed E-state index contributed by atoms with van der Waals surface area (Å²) in [6.07, 6.45) is 3.68. The molecule has 8 aromatic carbocycles. The Hall–Kier alpha value is -7.50. The molecule has 0 aliphatic rings. The Morgan fingerprint density at radius 2 is 0.782 bits per heavy atom. The van der Waals surface area contributed by atoms with Crippen molar-refractivity contribution in [3.63, 3.8) is 0 Å². The Balaban J connectivity index is 1.12. The standard InChI is InChI=1S/C50H31N5/c1-2-12-33(13-3-1)53-44-20-10-8-16-38(44)42-31-47-43(30-46(42)53)39-17-9-11-21-45(39)54(47)34-22-24-35(25-23-34)55-49-41-19-7-5-15-37(41)36-14-4-6-18-40(36)48(49)52-50(55)32-26-28-51-29-27-32/h1-31H. The molecule has 12 rings (SSSR count). The zero-order valence-corrected chi connectivity index (χ0v) is 29.6. The number of para-hydroxylation sites is 3. The molecular weight excluding hydrogens is 671 g/mol. The van der Waals surface area contributed by atoms with Gasteiger partial charge in [-0.3, -0.25) is 9.55 Å². The predicted octanol–water partition coefficient (Wildman–Crippen LogP) is 12.6. The lowest BCUT2D eigenvalue weighted by molar-refractivity contribution is 1.09. The molecule has 0 bridgehead atoms. The minimum Gasteiger partial charge on any atom is -0.309 e. The van der Waals surface area contributed by atoms with E-state index in [1.54, 1.807) is 0 Å². The van der Waals surface area contributed by atoms with Crippen LogP contribution >= 0.6 is 0 Å². The SMILES string of the molecule is c1ccc(-n2c3ccccc3c3cc4c(cc32)c2ccccc2n4-c2ccc(-n3c(-c4ccncc4)nc4c5ccccc5c5ccccc5c43)cc2)cc1. The van der Waals surface area contributed by atoms with Crippen molar-refractivity contribution in [1.82, 2.24) is 23.7 Å². The molecule has 0 amide bonds. The van der Waals surface area contributed by atoms with Crippen LogP contribution in [0, 0.1) is 0 Å². The number of pyridine rings is 1. The fraction of sp³-hybridized carbons (Fsp3) is 0. The van der Waals surface area contributed by atoms with Gasteiger partial charge in [0.05, 0.1) is 33.1 Å². The van der Waals surface area contributed by atoms with Crippen LogP contribution in [0.4, 0.5) is 0 Å². The highest BCUT2D eigenvalue weighted by Gasteiger charge is 2.22. The van der Waals surface area contributed by atoms with Gasteiger partial charge >= 0.3 is 0 Å². The third kappa shape index (κ3) is 4.29. The van der Waals surface area contributed by atoms with E-state index in [1.807, 2.05) is 24.5 Å². The van der Waals surface area contributed by atoms with Crippen molar-refractivity contribution in [2.75, 3.05) is 0 Å². The molecule has 0 saturated heterocycles. The molecule has 0 saturated carbocycles. The number of fused-ring (bicyclic) bond motifs is 12. The van der Waals surface area contributed by atoms with Crippen LogP contribution in [-0.2, 0) is 0 Å². The van der Waals surface area contributed by atoms with Gasteiger partial charge in [-0.25, -0.2) is 4.98 Å². The fourth-order valence-electron chi connectivity index (χ4n) is 8.97. The second-order valence-corrected chi connectivity index (χ2v) is 14.2. The smallest absolute Gasteiger partial charge is 0.145 e. The van der Waals surface area contributed by atoms with E-state index in [-0.39, 0.29) is 0 Å². The van der Waals surface area contributed by atoms with Gasteiger partial charge in [0.15, 0.2) is 0 Å². The van der Waals surface area contributed by atoms with Gasteiger partial charge in [0.1, 0.15) is 5.82 Å². The van der Waals surface area contributed by atoms with Crippen LogP contribution in [0.15, 0.2) is 188 Å². The Labute approximate surface area is 315 Å². The van der Waals surface area contributed by atoms with Crippen molar-refractivity contribution in [1.29, 1.82) is 0 Å². The summed E-state index contributed by atoms with van der Waals surface area (Å²) in [7, 11) is 0. The predicted molar refractivity (Wildman–Crippen MR) is 228 cm³/mol. The van der Waals surface area contributed by atoms with Crippen LogP contribution in [0.2, 0.25) is 0 Å². The molecule has 0 radical (unpaired) electrons. The minimum absolute atomic E-state index is 0.890. The third-order valence-electron chi connectivity index (χ3n) is 11.3. The molecule has 256 valence electrons. The van der Waals surface area contributed by atoms with E-state index < -0.39 is 0 Å². The number of benzene rings is 8. The molecule has 0 aliphatic heterocycles. The van der Waals surface area contributed by atoms with Gasteiger partial charge in [0.2, 0.25) is 0 Å². The van der Waals surface area contributed by atoms with E-state index in [9.17, 15) is 0 Å². The summed E-state index contributed by atoms with van der Waals surface area (Å²) in [4.78, 5) is 9.73. The summed E-state index contributed by atoms with van der Waals surface area (Å²) in [6, 6.07) is 63.4. The quantitative estimate of drug-likeness (QED) is 0.171. The van der Waals surface area contributed by atoms with Crippen molar-refractivity contribution in [2.45, 2.75) is 0 Å². The molecule has 0 unspecified atom stereocenters. The van der Waals surface area contributed by atoms with Crippen LogP contribution < -0.4 is 0 Å². The first-order valence-corrected chi connectivity index (χ1v) is 18.7. The molecule has 4 aromatic heterocycles. The first-order chi connectivity index (χ1) is 27.3. The highest BCUT2D eigenvalue weighted by Crippen LogP contribution is 2.41. The molecule has 5 nitrogen and oxygen atoms in total. The second-order valence-electron chi connectivity index (χ2n) is 14.2. The van der Waals surface area contributed by atoms with E-state index in [0.717, 1.165) is 44.9 Å². The molecule has 0 atom stereocenters. The highest BCUT2D eigenvalue weighted by molar-refractivity contribution is 6.24. The highest BCUT2D eigenvalue weighted by atomic mass is 15.1. The number of imidazole rings is 1. The average molecular weight is 702 g/mol. The lowest BCUT2D eigenvalue weighted by Gasteiger charge is -2.14. The summed E-state index contributed by atoms with van der Waals surface area (Å²) < 4.78 is 7.14. The molecule has 0 aliphatic carbocycles. The zero-order chi connectivity index (χ0) is 36.0. The lowest BCUT2D eigenvalue weighted by atomic mass is 10.00. The van der Waals surface area contributed by atoms with Crippen LogP contribution in [0.25, 0.3) is 105 Å². The van der Waals surface area contributed by atoms with Crippen LogP contribution in [-0.4, -0.2) is 23.7 Å². The Morgan fingerprint density at radius 3 is 1.38 bits per heavy atom. The van der Waals surface area contributed by atoms with E-state index >= 15 is 0 Å². The molecule has 0 fully saturated rings. The van der Waals surface area contributed by atoms with Gasteiger partial charge in [-0.15, -0.1) is 0 Å². The monoisotopic (exact) mass is 701 g/mol. The van der Waals surface area contributed by atoms with E-state index in [2.05, 4.69) is 182 Å². The minimum atomic E-state index is 0.890. The average Bonchev–Trinajstić information content (AvgIpc) is 3.92. The second kappa shape index (κ2) is 11.5. The maximum atomic E-state index is 5.40. The van der Waals surface area contributed by atoms with Gasteiger partial charge in [-0.1, -0.05) is 103 Å². The third-order valence-corrected chi connectivity index (χ3v) is 11.3. The van der Waals surface area contributed by atoms with Gasteiger partial charge < -0.3 is 9.13 Å². The summed E-state index contributed by atoms with van der Waals surface area (Å²) >= 11 is 0. The first-order valence-electron chi connectivity index (χ1n) is 18.7. The lowest BCUT2D eigenvalue weighted by Crippen LogP contribution is -2.00. The largest absolute Gasteiger partial charge is 0.309 e. The van der Waals surface area contributed by atoms with Crippen molar-refractivity contribution >= 4 is 76.2 Å². The van der Waals surface area contributed by atoms with Crippen LogP contribution in [0.1, 0.15) is 0 Å². The molecule has 4 heterocycles. The van der Waals surface area contributed by atoms with Gasteiger partial charge in [0.25, 0.3) is 0 Å². The van der Waals surface area contributed by atoms with Gasteiger partial charge in [0, 0.05) is 67.3 Å². The van der Waals surface area contributed by atoms with Gasteiger partial charge in [-0.05, 0) is 83.6 Å². The molecule has 0 spiro atoms. The summed E-state index contributed by atoms with van der Waals surface area (Å²) in [5, 5.41) is 9.68.